The molecule has 0 aliphatic carbocycles. The summed E-state index contributed by atoms with van der Waals surface area (Å²) in [5, 5.41) is 9.24. The summed E-state index contributed by atoms with van der Waals surface area (Å²) < 4.78 is 0. The molecule has 2 aliphatic heterocycles. The van der Waals surface area contributed by atoms with Gasteiger partial charge in [-0.15, -0.1) is 0 Å². The second kappa shape index (κ2) is 4.48. The molecular weight excluding hydrogens is 230 g/mol. The number of hydrogen-bond donors (Lipinski definition) is 1. The molecule has 18 heavy (non-hydrogen) atoms. The number of fused-ring (bicyclic) bond motifs is 1. The smallest absolute Gasteiger partial charge is 0.407 e. The summed E-state index contributed by atoms with van der Waals surface area (Å²) in [7, 11) is 0. The average molecular weight is 247 g/mol. The van der Waals surface area contributed by atoms with Crippen LogP contribution in [0.15, 0.2) is 24.5 Å². The predicted molar refractivity (Wildman–Crippen MR) is 67.7 cm³/mol. The highest BCUT2D eigenvalue weighted by molar-refractivity contribution is 5.66. The fourth-order valence-corrected chi connectivity index (χ4v) is 3.17. The quantitative estimate of drug-likeness (QED) is 0.820. The van der Waals surface area contributed by atoms with E-state index in [-0.39, 0.29) is 6.04 Å². The number of anilines is 1. The maximum Gasteiger partial charge on any atom is 0.407 e. The van der Waals surface area contributed by atoms with Gasteiger partial charge in [0.05, 0.1) is 17.9 Å². The first-order valence-corrected chi connectivity index (χ1v) is 6.40. The summed E-state index contributed by atoms with van der Waals surface area (Å²) in [6.45, 7) is 2.42. The molecule has 0 saturated carbocycles. The number of carbonyl (C=O) groups is 1. The van der Waals surface area contributed by atoms with Crippen molar-refractivity contribution in [2.45, 2.75) is 18.9 Å². The van der Waals surface area contributed by atoms with E-state index in [0.29, 0.717) is 12.5 Å². The lowest BCUT2D eigenvalue weighted by atomic mass is 9.92. The molecule has 0 bridgehead atoms. The van der Waals surface area contributed by atoms with Crippen molar-refractivity contribution in [3.8, 4) is 0 Å². The van der Waals surface area contributed by atoms with E-state index in [1.54, 1.807) is 11.1 Å². The third-order valence-corrected chi connectivity index (χ3v) is 4.04. The first-order chi connectivity index (χ1) is 8.75. The minimum absolute atomic E-state index is 0.149. The Morgan fingerprint density at radius 3 is 3.06 bits per heavy atom. The highest BCUT2D eigenvalue weighted by Crippen LogP contribution is 2.32. The number of hydrogen-bond acceptors (Lipinski definition) is 3. The summed E-state index contributed by atoms with van der Waals surface area (Å²) in [6.07, 6.45) is 4.94. The third-order valence-electron chi connectivity index (χ3n) is 4.04. The Labute approximate surface area is 106 Å². The molecule has 2 atom stereocenters. The van der Waals surface area contributed by atoms with Crippen LogP contribution in [-0.4, -0.2) is 46.8 Å². The lowest BCUT2D eigenvalue weighted by molar-refractivity contribution is 0.0965. The maximum absolute atomic E-state index is 11.2. The van der Waals surface area contributed by atoms with Gasteiger partial charge in [-0.1, -0.05) is 0 Å². The summed E-state index contributed by atoms with van der Waals surface area (Å²) in [6, 6.07) is 4.11. The van der Waals surface area contributed by atoms with Crippen LogP contribution in [0.25, 0.3) is 0 Å². The molecule has 3 heterocycles. The maximum atomic E-state index is 11.2. The summed E-state index contributed by atoms with van der Waals surface area (Å²) in [5.41, 5.74) is 1.09. The Kier molecular flexibility index (Phi) is 2.81. The summed E-state index contributed by atoms with van der Waals surface area (Å²) >= 11 is 0. The minimum Gasteiger partial charge on any atom is -0.465 e. The van der Waals surface area contributed by atoms with Gasteiger partial charge >= 0.3 is 6.09 Å². The van der Waals surface area contributed by atoms with Crippen LogP contribution in [0.4, 0.5) is 10.5 Å². The van der Waals surface area contributed by atoms with Gasteiger partial charge in [-0.2, -0.15) is 0 Å². The molecule has 1 aromatic rings. The van der Waals surface area contributed by atoms with Crippen molar-refractivity contribution < 1.29 is 9.90 Å². The number of piperidine rings is 1. The van der Waals surface area contributed by atoms with E-state index in [9.17, 15) is 9.90 Å². The monoisotopic (exact) mass is 247 g/mol. The van der Waals surface area contributed by atoms with E-state index < -0.39 is 6.09 Å². The van der Waals surface area contributed by atoms with Gasteiger partial charge < -0.3 is 14.9 Å². The fraction of sp³-hybridized carbons (Fsp3) is 0.538. The zero-order valence-corrected chi connectivity index (χ0v) is 10.2. The average Bonchev–Trinajstić information content (AvgIpc) is 2.83. The molecule has 2 fully saturated rings. The van der Waals surface area contributed by atoms with Gasteiger partial charge in [-0.25, -0.2) is 4.79 Å². The summed E-state index contributed by atoms with van der Waals surface area (Å²) in [5.74, 6) is 0.468. The van der Waals surface area contributed by atoms with E-state index in [4.69, 9.17) is 0 Å². The highest BCUT2D eigenvalue weighted by Gasteiger charge is 2.41. The van der Waals surface area contributed by atoms with Gasteiger partial charge in [-0.3, -0.25) is 4.98 Å². The van der Waals surface area contributed by atoms with Gasteiger partial charge in [0.1, 0.15) is 0 Å². The van der Waals surface area contributed by atoms with Gasteiger partial charge in [-0.05, 0) is 30.9 Å². The molecule has 1 aromatic heterocycles. The molecule has 2 unspecified atom stereocenters. The first-order valence-electron chi connectivity index (χ1n) is 6.40. The van der Waals surface area contributed by atoms with Crippen molar-refractivity contribution in [3.63, 3.8) is 0 Å². The number of likely N-dealkylation sites (tertiary alicyclic amines) is 1. The molecule has 2 saturated heterocycles. The Morgan fingerprint density at radius 1 is 1.44 bits per heavy atom. The number of aromatic nitrogens is 1. The molecule has 2 aliphatic rings. The van der Waals surface area contributed by atoms with E-state index in [1.165, 1.54) is 0 Å². The molecule has 5 nitrogen and oxygen atoms in total. The number of carboxylic acid groups (broad SMARTS) is 1. The number of amides is 1. The van der Waals surface area contributed by atoms with Crippen LogP contribution in [-0.2, 0) is 0 Å². The molecule has 0 radical (unpaired) electrons. The second-order valence-corrected chi connectivity index (χ2v) is 5.06. The van der Waals surface area contributed by atoms with Crippen LogP contribution < -0.4 is 4.90 Å². The van der Waals surface area contributed by atoms with Crippen LogP contribution in [0.5, 0.6) is 0 Å². The van der Waals surface area contributed by atoms with Crippen molar-refractivity contribution in [2.24, 2.45) is 5.92 Å². The van der Waals surface area contributed by atoms with Crippen LogP contribution in [0.1, 0.15) is 12.8 Å². The van der Waals surface area contributed by atoms with Gasteiger partial charge in [0.2, 0.25) is 0 Å². The minimum atomic E-state index is -0.780. The highest BCUT2D eigenvalue weighted by atomic mass is 16.4. The van der Waals surface area contributed by atoms with E-state index >= 15 is 0 Å². The fourth-order valence-electron chi connectivity index (χ4n) is 3.17. The number of rotatable bonds is 1. The van der Waals surface area contributed by atoms with Gasteiger partial charge in [0.25, 0.3) is 0 Å². The van der Waals surface area contributed by atoms with Gasteiger partial charge in [0, 0.05) is 25.8 Å². The largest absolute Gasteiger partial charge is 0.465 e. The second-order valence-electron chi connectivity index (χ2n) is 5.06. The van der Waals surface area contributed by atoms with E-state index in [2.05, 4.69) is 9.88 Å². The Hall–Kier alpha value is -1.78. The van der Waals surface area contributed by atoms with Crippen molar-refractivity contribution in [1.82, 2.24) is 9.88 Å². The predicted octanol–water partition coefficient (Wildman–Crippen LogP) is 1.66. The molecular formula is C13H17N3O2. The zero-order chi connectivity index (χ0) is 12.5. The molecule has 0 spiro atoms. The number of nitrogens with zero attached hydrogens (tertiary/aromatic N) is 3. The Bertz CT molecular complexity index is 437. The third kappa shape index (κ3) is 1.89. The van der Waals surface area contributed by atoms with Crippen molar-refractivity contribution >= 4 is 11.8 Å². The van der Waals surface area contributed by atoms with Crippen LogP contribution >= 0.6 is 0 Å². The van der Waals surface area contributed by atoms with Crippen LogP contribution in [0, 0.1) is 5.92 Å². The van der Waals surface area contributed by atoms with Crippen molar-refractivity contribution in [2.75, 3.05) is 24.5 Å². The van der Waals surface area contributed by atoms with E-state index in [0.717, 1.165) is 31.6 Å². The zero-order valence-electron chi connectivity index (χ0n) is 10.2. The lowest BCUT2D eigenvalue weighted by Crippen LogP contribution is -2.47. The van der Waals surface area contributed by atoms with E-state index in [1.807, 2.05) is 18.3 Å². The SMILES string of the molecule is O=C(O)N1CCCC2CN(c3cccnc3)CC21. The van der Waals surface area contributed by atoms with Crippen molar-refractivity contribution in [3.05, 3.63) is 24.5 Å². The van der Waals surface area contributed by atoms with Crippen LogP contribution in [0.2, 0.25) is 0 Å². The molecule has 1 N–H and O–H groups in total. The first kappa shape index (κ1) is 11.3. The standard InChI is InChI=1S/C13H17N3O2/c17-13(18)16-6-2-3-10-8-15(9-12(10)16)11-4-1-5-14-7-11/h1,4-5,7,10,12H,2-3,6,8-9H2,(H,17,18). The Morgan fingerprint density at radius 2 is 2.33 bits per heavy atom. The summed E-state index contributed by atoms with van der Waals surface area (Å²) in [4.78, 5) is 19.2. The molecule has 96 valence electrons. The topological polar surface area (TPSA) is 56.7 Å². The lowest BCUT2D eigenvalue weighted by Gasteiger charge is -2.34. The molecule has 0 aromatic carbocycles. The number of pyridine rings is 1. The van der Waals surface area contributed by atoms with Crippen LogP contribution in [0.3, 0.4) is 0 Å². The molecule has 3 rings (SSSR count). The molecule has 5 heteroatoms. The van der Waals surface area contributed by atoms with Gasteiger partial charge in [0.15, 0.2) is 0 Å². The molecule has 1 amide bonds. The normalized spacial score (nSPS) is 27.1. The Balaban J connectivity index is 1.78. The van der Waals surface area contributed by atoms with Crippen molar-refractivity contribution in [1.29, 1.82) is 0 Å².